The zero-order valence-electron chi connectivity index (χ0n) is 15.6. The number of hydrogen-bond donors (Lipinski definition) is 1. The van der Waals surface area contributed by atoms with Gasteiger partial charge < -0.3 is 19.3 Å². The first-order valence-corrected chi connectivity index (χ1v) is 8.81. The maximum atomic E-state index is 14.2. The highest BCUT2D eigenvalue weighted by molar-refractivity contribution is 5.44. The summed E-state index contributed by atoms with van der Waals surface area (Å²) in [6.45, 7) is 0.520. The molecule has 0 aromatic heterocycles. The van der Waals surface area contributed by atoms with Crippen molar-refractivity contribution in [2.75, 3.05) is 34.0 Å². The van der Waals surface area contributed by atoms with Gasteiger partial charge >= 0.3 is 0 Å². The molecular weight excluding hydrogens is 375 g/mol. The van der Waals surface area contributed by atoms with Crippen molar-refractivity contribution < 1.29 is 32.5 Å². The summed E-state index contributed by atoms with van der Waals surface area (Å²) in [5, 5.41) is 9.78. The topological polar surface area (TPSA) is 51.2 Å². The molecule has 2 aromatic rings. The molecule has 0 amide bonds. The van der Waals surface area contributed by atoms with Crippen LogP contribution in [-0.4, -0.2) is 50.1 Å². The summed E-state index contributed by atoms with van der Waals surface area (Å²) in [7, 11) is 3.03. The van der Waals surface area contributed by atoms with Crippen molar-refractivity contribution in [1.82, 2.24) is 4.90 Å². The largest absolute Gasteiger partial charge is 0.493 e. The first kappa shape index (κ1) is 20.4. The molecule has 0 aliphatic carbocycles. The predicted molar refractivity (Wildman–Crippen MR) is 95.8 cm³/mol. The van der Waals surface area contributed by atoms with E-state index in [0.717, 1.165) is 11.6 Å². The zero-order valence-corrected chi connectivity index (χ0v) is 15.6. The standard InChI is InChI=1S/C20H22F3NO4/c1-26-15-6-4-12(9-16(15)27-2)20-17(11-25)28-8-7-24(20)10-13-3-5-14(21)19(23)18(13)22/h3-6,9,17,20,25H,7-8,10-11H2,1-2H3/t17-,20-/m1/s1. The van der Waals surface area contributed by atoms with Crippen LogP contribution in [0, 0.1) is 17.5 Å². The minimum Gasteiger partial charge on any atom is -0.493 e. The Bertz CT molecular complexity index is 833. The molecule has 8 heteroatoms. The second-order valence-electron chi connectivity index (χ2n) is 6.46. The Morgan fingerprint density at radius 1 is 1.07 bits per heavy atom. The van der Waals surface area contributed by atoms with E-state index in [-0.39, 0.29) is 18.7 Å². The molecule has 0 unspecified atom stereocenters. The van der Waals surface area contributed by atoms with Gasteiger partial charge in [-0.2, -0.15) is 0 Å². The van der Waals surface area contributed by atoms with Gasteiger partial charge in [-0.3, -0.25) is 4.90 Å². The first-order chi connectivity index (χ1) is 13.5. The second kappa shape index (κ2) is 8.81. The number of hydrogen-bond acceptors (Lipinski definition) is 5. The SMILES string of the molecule is COc1ccc([C@@H]2[C@@H](CO)OCCN2Cc2ccc(F)c(F)c2F)cc1OC. The van der Waals surface area contributed by atoms with Gasteiger partial charge in [0.2, 0.25) is 0 Å². The Labute approximate surface area is 161 Å². The summed E-state index contributed by atoms with van der Waals surface area (Å²) >= 11 is 0. The fourth-order valence-electron chi connectivity index (χ4n) is 3.49. The lowest BCUT2D eigenvalue weighted by Gasteiger charge is -2.41. The average Bonchev–Trinajstić information content (AvgIpc) is 2.73. The van der Waals surface area contributed by atoms with E-state index in [4.69, 9.17) is 14.2 Å². The Balaban J connectivity index is 1.96. The van der Waals surface area contributed by atoms with E-state index in [9.17, 15) is 18.3 Å². The third-order valence-corrected chi connectivity index (χ3v) is 4.87. The highest BCUT2D eigenvalue weighted by Gasteiger charge is 2.34. The minimum atomic E-state index is -1.49. The zero-order chi connectivity index (χ0) is 20.3. The Morgan fingerprint density at radius 3 is 2.50 bits per heavy atom. The van der Waals surface area contributed by atoms with Crippen LogP contribution >= 0.6 is 0 Å². The number of rotatable bonds is 6. The van der Waals surface area contributed by atoms with Crippen LogP contribution in [0.2, 0.25) is 0 Å². The van der Waals surface area contributed by atoms with Gasteiger partial charge in [0.15, 0.2) is 29.0 Å². The van der Waals surface area contributed by atoms with Crippen LogP contribution < -0.4 is 9.47 Å². The van der Waals surface area contributed by atoms with Crippen LogP contribution in [0.5, 0.6) is 11.5 Å². The van der Waals surface area contributed by atoms with Gasteiger partial charge in [0, 0.05) is 18.7 Å². The lowest BCUT2D eigenvalue weighted by Crippen LogP contribution is -2.46. The molecule has 1 fully saturated rings. The lowest BCUT2D eigenvalue weighted by atomic mass is 9.97. The van der Waals surface area contributed by atoms with E-state index >= 15 is 0 Å². The third-order valence-electron chi connectivity index (χ3n) is 4.87. The number of ether oxygens (including phenoxy) is 3. The molecule has 0 saturated carbocycles. The second-order valence-corrected chi connectivity index (χ2v) is 6.46. The number of aliphatic hydroxyl groups is 1. The van der Waals surface area contributed by atoms with Crippen LogP contribution in [0.1, 0.15) is 17.2 Å². The molecule has 1 saturated heterocycles. The maximum Gasteiger partial charge on any atom is 0.194 e. The summed E-state index contributed by atoms with van der Waals surface area (Å²) in [6, 6.07) is 6.98. The molecule has 2 aromatic carbocycles. The van der Waals surface area contributed by atoms with Gasteiger partial charge in [0.25, 0.3) is 0 Å². The van der Waals surface area contributed by atoms with Gasteiger partial charge in [-0.15, -0.1) is 0 Å². The average molecular weight is 397 g/mol. The van der Waals surface area contributed by atoms with Crippen LogP contribution in [0.3, 0.4) is 0 Å². The van der Waals surface area contributed by atoms with Gasteiger partial charge in [0.05, 0.1) is 33.5 Å². The molecule has 1 heterocycles. The molecule has 3 rings (SSSR count). The van der Waals surface area contributed by atoms with Gasteiger partial charge in [-0.1, -0.05) is 12.1 Å². The normalized spacial score (nSPS) is 20.2. The van der Waals surface area contributed by atoms with Crippen LogP contribution in [0.4, 0.5) is 13.2 Å². The summed E-state index contributed by atoms with van der Waals surface area (Å²) in [6.07, 6.45) is -0.569. The van der Waals surface area contributed by atoms with Crippen molar-refractivity contribution in [3.05, 3.63) is 58.9 Å². The van der Waals surface area contributed by atoms with Crippen LogP contribution in [0.15, 0.2) is 30.3 Å². The molecule has 1 aliphatic rings. The Hall–Kier alpha value is -2.29. The van der Waals surface area contributed by atoms with Crippen molar-refractivity contribution in [2.45, 2.75) is 18.7 Å². The molecular formula is C20H22F3NO4. The van der Waals surface area contributed by atoms with Gasteiger partial charge in [-0.05, 0) is 23.8 Å². The van der Waals surface area contributed by atoms with E-state index in [1.807, 2.05) is 4.90 Å². The molecule has 0 radical (unpaired) electrons. The number of methoxy groups -OCH3 is 2. The monoisotopic (exact) mass is 397 g/mol. The van der Waals surface area contributed by atoms with Crippen LogP contribution in [-0.2, 0) is 11.3 Å². The van der Waals surface area contributed by atoms with Crippen molar-refractivity contribution in [1.29, 1.82) is 0 Å². The van der Waals surface area contributed by atoms with E-state index in [1.54, 1.807) is 18.2 Å². The Kier molecular flexibility index (Phi) is 6.43. The fraction of sp³-hybridized carbons (Fsp3) is 0.400. The number of morpholine rings is 1. The number of benzene rings is 2. The summed E-state index contributed by atoms with van der Waals surface area (Å²) < 4.78 is 57.3. The lowest BCUT2D eigenvalue weighted by molar-refractivity contribution is -0.0963. The molecule has 28 heavy (non-hydrogen) atoms. The quantitative estimate of drug-likeness (QED) is 0.760. The van der Waals surface area contributed by atoms with Crippen molar-refractivity contribution in [2.24, 2.45) is 0 Å². The van der Waals surface area contributed by atoms with Crippen molar-refractivity contribution in [3.8, 4) is 11.5 Å². The number of nitrogens with zero attached hydrogens (tertiary/aromatic N) is 1. The molecule has 0 bridgehead atoms. The van der Waals surface area contributed by atoms with E-state index < -0.39 is 29.6 Å². The number of aliphatic hydroxyl groups excluding tert-OH is 1. The van der Waals surface area contributed by atoms with Crippen molar-refractivity contribution in [3.63, 3.8) is 0 Å². The van der Waals surface area contributed by atoms with Gasteiger partial charge in [0.1, 0.15) is 6.10 Å². The highest BCUT2D eigenvalue weighted by Crippen LogP contribution is 2.36. The summed E-state index contributed by atoms with van der Waals surface area (Å²) in [5.41, 5.74) is 0.794. The van der Waals surface area contributed by atoms with E-state index in [2.05, 4.69) is 0 Å². The molecule has 5 nitrogen and oxygen atoms in total. The predicted octanol–water partition coefficient (Wildman–Crippen LogP) is 3.06. The fourth-order valence-corrected chi connectivity index (χ4v) is 3.49. The highest BCUT2D eigenvalue weighted by atomic mass is 19.2. The Morgan fingerprint density at radius 2 is 1.82 bits per heavy atom. The maximum absolute atomic E-state index is 14.2. The summed E-state index contributed by atoms with van der Waals surface area (Å²) in [5.74, 6) is -2.89. The third kappa shape index (κ3) is 3.94. The minimum absolute atomic E-state index is 0.0297. The smallest absolute Gasteiger partial charge is 0.194 e. The van der Waals surface area contributed by atoms with Crippen molar-refractivity contribution >= 4 is 0 Å². The van der Waals surface area contributed by atoms with Gasteiger partial charge in [-0.25, -0.2) is 13.2 Å². The molecule has 0 spiro atoms. The molecule has 1 aliphatic heterocycles. The number of halogens is 3. The first-order valence-electron chi connectivity index (χ1n) is 8.81. The van der Waals surface area contributed by atoms with E-state index in [1.165, 1.54) is 20.3 Å². The summed E-state index contributed by atoms with van der Waals surface area (Å²) in [4.78, 5) is 1.86. The molecule has 1 N–H and O–H groups in total. The van der Waals surface area contributed by atoms with E-state index in [0.29, 0.717) is 24.7 Å². The van der Waals surface area contributed by atoms with Crippen LogP contribution in [0.25, 0.3) is 0 Å². The molecule has 2 atom stereocenters. The molecule has 152 valence electrons.